The Morgan fingerprint density at radius 3 is 1.26 bits per heavy atom. The lowest BCUT2D eigenvalue weighted by atomic mass is 10.0. The molecule has 0 aromatic rings. The van der Waals surface area contributed by atoms with Gasteiger partial charge in [-0.1, -0.05) is 242 Å². The summed E-state index contributed by atoms with van der Waals surface area (Å²) in [6.45, 7) is 6.36. The van der Waals surface area contributed by atoms with Crippen LogP contribution >= 0.6 is 0 Å². The lowest BCUT2D eigenvalue weighted by Crippen LogP contribution is -2.46. The van der Waals surface area contributed by atoms with E-state index in [0.717, 1.165) is 77.0 Å². The van der Waals surface area contributed by atoms with Gasteiger partial charge in [-0.3, -0.25) is 9.59 Å². The van der Waals surface area contributed by atoms with Crippen LogP contribution in [0.25, 0.3) is 0 Å². The van der Waals surface area contributed by atoms with Crippen molar-refractivity contribution in [2.24, 2.45) is 0 Å². The van der Waals surface area contributed by atoms with Gasteiger partial charge in [-0.2, -0.15) is 0 Å². The van der Waals surface area contributed by atoms with E-state index in [1.807, 2.05) is 0 Å². The lowest BCUT2D eigenvalue weighted by Gasteiger charge is -2.24. The first-order valence-corrected chi connectivity index (χ1v) is 26.5. The number of aliphatic hydroxyl groups excluding tert-OH is 2. The summed E-state index contributed by atoms with van der Waals surface area (Å²) >= 11 is 0. The number of aliphatic hydroxyl groups is 2. The summed E-state index contributed by atoms with van der Waals surface area (Å²) in [4.78, 5) is 26.1. The Morgan fingerprint density at radius 2 is 0.855 bits per heavy atom. The third kappa shape index (κ3) is 44.2. The molecule has 0 fully saturated rings. The first-order chi connectivity index (χ1) is 30.5. The van der Waals surface area contributed by atoms with Crippen molar-refractivity contribution in [2.45, 2.75) is 277 Å². The summed E-state index contributed by atoms with van der Waals surface area (Å²) in [5, 5.41) is 23.7. The Kier molecular flexibility index (Phi) is 47.6. The van der Waals surface area contributed by atoms with Gasteiger partial charge in [-0.15, -0.1) is 0 Å². The van der Waals surface area contributed by atoms with Gasteiger partial charge in [0.25, 0.3) is 0 Å². The van der Waals surface area contributed by atoms with Crippen LogP contribution in [0.3, 0.4) is 0 Å². The molecule has 0 radical (unpaired) electrons. The Morgan fingerprint density at radius 1 is 0.484 bits per heavy atom. The zero-order chi connectivity index (χ0) is 45.2. The van der Waals surface area contributed by atoms with Crippen LogP contribution in [-0.2, 0) is 14.3 Å². The van der Waals surface area contributed by atoms with Crippen molar-refractivity contribution in [3.8, 4) is 0 Å². The van der Waals surface area contributed by atoms with Crippen molar-refractivity contribution in [3.63, 3.8) is 0 Å². The average molecular weight is 868 g/mol. The molecule has 0 saturated carbocycles. The quantitative estimate of drug-likeness (QED) is 0.0322. The van der Waals surface area contributed by atoms with Crippen LogP contribution < -0.4 is 5.32 Å². The third-order valence-corrected chi connectivity index (χ3v) is 11.9. The predicted octanol–water partition coefficient (Wildman–Crippen LogP) is 16.0. The van der Waals surface area contributed by atoms with E-state index in [9.17, 15) is 19.8 Å². The van der Waals surface area contributed by atoms with E-state index in [1.54, 1.807) is 0 Å². The molecule has 3 atom stereocenters. The standard InChI is InChI=1S/C56H101NO5/c1-4-7-10-13-16-19-22-24-26-28-30-32-34-37-40-43-46-49-56(61)62-52(47-44-41-38-35-33-31-29-27-25-23-20-17-14-11-8-5-2)50-55(60)57-53(51-58)54(59)48-45-42-39-36-21-18-15-12-9-6-3/h7,10,16,19,24,26,30,32,37,40,52-54,58-59H,4-6,8-9,11-15,17-18,20-23,25,27-29,31,33-36,38-39,41-51H2,1-3H3,(H,57,60)/b10-7-,19-16-,26-24-,32-30-,40-37-. The van der Waals surface area contributed by atoms with E-state index >= 15 is 0 Å². The lowest BCUT2D eigenvalue weighted by molar-refractivity contribution is -0.151. The van der Waals surface area contributed by atoms with Gasteiger partial charge in [0.2, 0.25) is 5.91 Å². The summed E-state index contributed by atoms with van der Waals surface area (Å²) in [5.74, 6) is -0.536. The van der Waals surface area contributed by atoms with Crippen LogP contribution in [0.5, 0.6) is 0 Å². The second kappa shape index (κ2) is 49.6. The van der Waals surface area contributed by atoms with Crippen LogP contribution in [0.1, 0.15) is 258 Å². The maximum atomic E-state index is 13.2. The van der Waals surface area contributed by atoms with Crippen LogP contribution in [-0.4, -0.2) is 46.9 Å². The molecule has 0 aliphatic carbocycles. The number of nitrogens with one attached hydrogen (secondary N) is 1. The minimum Gasteiger partial charge on any atom is -0.462 e. The fourth-order valence-corrected chi connectivity index (χ4v) is 7.88. The molecule has 0 aromatic carbocycles. The fraction of sp³-hybridized carbons (Fsp3) is 0.786. The van der Waals surface area contributed by atoms with E-state index in [4.69, 9.17) is 4.74 Å². The second-order valence-corrected chi connectivity index (χ2v) is 17.9. The smallest absolute Gasteiger partial charge is 0.306 e. The molecule has 6 nitrogen and oxygen atoms in total. The van der Waals surface area contributed by atoms with Gasteiger partial charge in [-0.05, 0) is 64.2 Å². The Labute approximate surface area is 384 Å². The number of allylic oxidation sites excluding steroid dienone is 10. The van der Waals surface area contributed by atoms with Crippen molar-refractivity contribution in [1.29, 1.82) is 0 Å². The molecule has 0 rings (SSSR count). The molecule has 0 aromatic heterocycles. The SMILES string of the molecule is CC/C=C\C/C=C\C/C=C\C/C=C\C/C=C\CCCC(=O)OC(CCCCCCCCCCCCCCCCCC)CC(=O)NC(CO)C(O)CCCCCCCCCCCC. The van der Waals surface area contributed by atoms with Gasteiger partial charge < -0.3 is 20.3 Å². The maximum absolute atomic E-state index is 13.2. The number of hydrogen-bond acceptors (Lipinski definition) is 5. The zero-order valence-electron chi connectivity index (χ0n) is 41.0. The van der Waals surface area contributed by atoms with E-state index < -0.39 is 18.2 Å². The molecule has 0 bridgehead atoms. The van der Waals surface area contributed by atoms with Crippen molar-refractivity contribution in [3.05, 3.63) is 60.8 Å². The van der Waals surface area contributed by atoms with Gasteiger partial charge in [0, 0.05) is 6.42 Å². The maximum Gasteiger partial charge on any atom is 0.306 e. The monoisotopic (exact) mass is 868 g/mol. The summed E-state index contributed by atoms with van der Waals surface area (Å²) < 4.78 is 5.92. The number of unbranched alkanes of at least 4 members (excludes halogenated alkanes) is 25. The number of amides is 1. The average Bonchev–Trinajstić information content (AvgIpc) is 3.26. The van der Waals surface area contributed by atoms with Crippen LogP contribution in [0.15, 0.2) is 60.8 Å². The molecule has 0 saturated heterocycles. The number of esters is 1. The first kappa shape index (κ1) is 59.6. The predicted molar refractivity (Wildman–Crippen MR) is 268 cm³/mol. The van der Waals surface area contributed by atoms with Crippen molar-refractivity contribution in [1.82, 2.24) is 5.32 Å². The summed E-state index contributed by atoms with van der Waals surface area (Å²) in [7, 11) is 0. The van der Waals surface area contributed by atoms with Crippen molar-refractivity contribution in [2.75, 3.05) is 6.61 Å². The highest BCUT2D eigenvalue weighted by molar-refractivity contribution is 5.77. The number of hydrogen-bond donors (Lipinski definition) is 3. The number of ether oxygens (including phenoxy) is 1. The van der Waals surface area contributed by atoms with Gasteiger partial charge in [-0.25, -0.2) is 0 Å². The second-order valence-electron chi connectivity index (χ2n) is 17.9. The van der Waals surface area contributed by atoms with Gasteiger partial charge in [0.1, 0.15) is 6.10 Å². The normalized spacial score (nSPS) is 13.7. The highest BCUT2D eigenvalue weighted by atomic mass is 16.5. The Bertz CT molecular complexity index is 1110. The van der Waals surface area contributed by atoms with E-state index in [-0.39, 0.29) is 24.9 Å². The minimum atomic E-state index is -0.796. The highest BCUT2D eigenvalue weighted by Crippen LogP contribution is 2.18. The molecule has 1 amide bonds. The van der Waals surface area contributed by atoms with Gasteiger partial charge in [0.15, 0.2) is 0 Å². The van der Waals surface area contributed by atoms with E-state index in [2.05, 4.69) is 86.8 Å². The van der Waals surface area contributed by atoms with Crippen LogP contribution in [0.4, 0.5) is 0 Å². The molecule has 3 N–H and O–H groups in total. The summed E-state index contributed by atoms with van der Waals surface area (Å²) in [5.41, 5.74) is 0. The van der Waals surface area contributed by atoms with Crippen molar-refractivity contribution < 1.29 is 24.5 Å². The molecule has 0 heterocycles. The molecule has 3 unspecified atom stereocenters. The molecule has 0 aliphatic heterocycles. The minimum absolute atomic E-state index is 0.0563. The number of carbonyl (C=O) groups is 2. The largest absolute Gasteiger partial charge is 0.462 e. The van der Waals surface area contributed by atoms with Gasteiger partial charge in [0.05, 0.1) is 25.2 Å². The Hall–Kier alpha value is -2.44. The van der Waals surface area contributed by atoms with Crippen molar-refractivity contribution >= 4 is 11.9 Å². The first-order valence-electron chi connectivity index (χ1n) is 26.5. The number of carbonyl (C=O) groups excluding carboxylic acids is 2. The van der Waals surface area contributed by atoms with E-state index in [1.165, 1.54) is 128 Å². The molecule has 0 aliphatic rings. The zero-order valence-corrected chi connectivity index (χ0v) is 41.0. The molecular formula is C56H101NO5. The molecule has 62 heavy (non-hydrogen) atoms. The highest BCUT2D eigenvalue weighted by Gasteiger charge is 2.24. The number of rotatable bonds is 47. The topological polar surface area (TPSA) is 95.9 Å². The molecule has 360 valence electrons. The molecular weight excluding hydrogens is 767 g/mol. The molecule has 0 spiro atoms. The van der Waals surface area contributed by atoms with Crippen LogP contribution in [0, 0.1) is 0 Å². The summed E-state index contributed by atoms with van der Waals surface area (Å²) in [6.07, 6.45) is 61.4. The third-order valence-electron chi connectivity index (χ3n) is 11.9. The van der Waals surface area contributed by atoms with Gasteiger partial charge >= 0.3 is 5.97 Å². The summed E-state index contributed by atoms with van der Waals surface area (Å²) in [6, 6.07) is -0.712. The molecule has 6 heteroatoms. The Balaban J connectivity index is 4.65. The van der Waals surface area contributed by atoms with Crippen LogP contribution in [0.2, 0.25) is 0 Å². The van der Waals surface area contributed by atoms with E-state index in [0.29, 0.717) is 25.7 Å². The fourth-order valence-electron chi connectivity index (χ4n) is 7.88.